The van der Waals surface area contributed by atoms with Gasteiger partial charge in [0.1, 0.15) is 22.9 Å². The van der Waals surface area contributed by atoms with Gasteiger partial charge in [0.15, 0.2) is 0 Å². The average molecular weight is 500 g/mol. The highest BCUT2D eigenvalue weighted by atomic mass is 16.4. The van der Waals surface area contributed by atoms with E-state index in [1.165, 1.54) is 11.0 Å². The molecule has 0 saturated heterocycles. The van der Waals surface area contributed by atoms with Crippen LogP contribution in [0.5, 0.6) is 0 Å². The molecule has 1 aliphatic heterocycles. The number of furan rings is 1. The van der Waals surface area contributed by atoms with Gasteiger partial charge in [0.05, 0.1) is 35.1 Å². The van der Waals surface area contributed by atoms with Crippen LogP contribution in [-0.2, 0) is 6.54 Å². The van der Waals surface area contributed by atoms with Crippen molar-refractivity contribution in [3.8, 4) is 0 Å². The number of aromatic carboxylic acids is 1. The maximum absolute atomic E-state index is 13.5. The predicted octanol–water partition coefficient (Wildman–Crippen LogP) is 4.66. The molecule has 2 heterocycles. The smallest absolute Gasteiger partial charge is 0.337 e. The Morgan fingerprint density at radius 3 is 2.49 bits per heavy atom. The molecular weight excluding hydrogens is 474 g/mol. The van der Waals surface area contributed by atoms with Crippen molar-refractivity contribution in [1.29, 1.82) is 0 Å². The largest absolute Gasteiger partial charge is 0.478 e. The first-order valence-corrected chi connectivity index (χ1v) is 11.9. The Morgan fingerprint density at radius 1 is 1.05 bits per heavy atom. The quantitative estimate of drug-likeness (QED) is 0.299. The van der Waals surface area contributed by atoms with E-state index < -0.39 is 22.7 Å². The van der Waals surface area contributed by atoms with Crippen LogP contribution in [0.25, 0.3) is 0 Å². The van der Waals surface area contributed by atoms with Crippen LogP contribution in [0.15, 0.2) is 62.5 Å². The van der Waals surface area contributed by atoms with Crippen molar-refractivity contribution < 1.29 is 19.1 Å². The summed E-state index contributed by atoms with van der Waals surface area (Å²) in [6, 6.07) is 13.3. The fraction of sp³-hybridized carbons (Fsp3) is 0.214. The summed E-state index contributed by atoms with van der Waals surface area (Å²) in [7, 11) is 0. The van der Waals surface area contributed by atoms with Gasteiger partial charge >= 0.3 is 5.97 Å². The van der Waals surface area contributed by atoms with Crippen molar-refractivity contribution >= 4 is 34.6 Å². The second-order valence-electron chi connectivity index (χ2n) is 9.14. The molecule has 0 unspecified atom stereocenters. The average Bonchev–Trinajstić information content (AvgIpc) is 3.46. The minimum absolute atomic E-state index is 0.0222. The summed E-state index contributed by atoms with van der Waals surface area (Å²) in [5.41, 5.74) is 1.41. The number of carbonyl (C=O) groups is 2. The van der Waals surface area contributed by atoms with Crippen LogP contribution in [-0.4, -0.2) is 17.0 Å². The van der Waals surface area contributed by atoms with Crippen molar-refractivity contribution in [2.24, 2.45) is 0 Å². The molecule has 4 aromatic rings. The number of carboxylic acid groups (broad SMARTS) is 1. The van der Waals surface area contributed by atoms with Crippen molar-refractivity contribution in [2.75, 3.05) is 15.5 Å². The normalized spacial score (nSPS) is 13.6. The lowest BCUT2D eigenvalue weighted by molar-refractivity contribution is 0.0697. The first kappa shape index (κ1) is 24.1. The molecule has 1 atom stereocenters. The number of nitrogens with one attached hydrogen (secondary N) is 2. The number of benzene rings is 2. The first-order chi connectivity index (χ1) is 17.7. The van der Waals surface area contributed by atoms with E-state index >= 15 is 0 Å². The molecule has 1 amide bonds. The lowest BCUT2D eigenvalue weighted by Gasteiger charge is -2.21. The van der Waals surface area contributed by atoms with E-state index in [9.17, 15) is 24.3 Å². The van der Waals surface area contributed by atoms with Crippen molar-refractivity contribution in [3.63, 3.8) is 0 Å². The van der Waals surface area contributed by atoms with Crippen LogP contribution >= 0.6 is 0 Å². The van der Waals surface area contributed by atoms with Crippen LogP contribution in [0.2, 0.25) is 0 Å². The molecule has 9 heteroatoms. The van der Waals surface area contributed by atoms with Gasteiger partial charge in [0, 0.05) is 0 Å². The fourth-order valence-electron chi connectivity index (χ4n) is 4.68. The summed E-state index contributed by atoms with van der Waals surface area (Å²) in [5.74, 6) is -0.135. The predicted molar refractivity (Wildman–Crippen MR) is 140 cm³/mol. The molecule has 0 spiro atoms. The van der Waals surface area contributed by atoms with Gasteiger partial charge in [-0.25, -0.2) is 4.79 Å². The zero-order valence-corrected chi connectivity index (χ0v) is 20.5. The minimum Gasteiger partial charge on any atom is -0.478 e. The van der Waals surface area contributed by atoms with Gasteiger partial charge in [-0.1, -0.05) is 25.1 Å². The van der Waals surface area contributed by atoms with E-state index in [-0.39, 0.29) is 29.5 Å². The third-order valence-electron chi connectivity index (χ3n) is 6.61. The van der Waals surface area contributed by atoms with Gasteiger partial charge in [-0.3, -0.25) is 14.4 Å². The summed E-state index contributed by atoms with van der Waals surface area (Å²) in [5, 5.41) is 15.8. The van der Waals surface area contributed by atoms with E-state index in [2.05, 4.69) is 10.6 Å². The second-order valence-corrected chi connectivity index (χ2v) is 9.14. The highest BCUT2D eigenvalue weighted by Gasteiger charge is 2.34. The maximum Gasteiger partial charge on any atom is 0.337 e. The molecule has 0 radical (unpaired) electrons. The molecule has 9 nitrogen and oxygen atoms in total. The van der Waals surface area contributed by atoms with Crippen LogP contribution < -0.4 is 26.4 Å². The van der Waals surface area contributed by atoms with Crippen molar-refractivity contribution in [1.82, 2.24) is 0 Å². The standard InChI is InChI=1S/C28H25N3O6/c1-4-18(21-11-9-15(3)37-21)29-23-24(26(33)25(23)32)30-19-7-5-6-16-13-31(27(34)22(16)19)20-12-14(2)8-10-17(20)28(35)36/h5-12,18,29-30H,4,13H2,1-3H3,(H,35,36)/t18-/m1/s1. The van der Waals surface area contributed by atoms with E-state index in [4.69, 9.17) is 4.42 Å². The van der Waals surface area contributed by atoms with Gasteiger partial charge in [-0.05, 0) is 61.7 Å². The number of carbonyl (C=O) groups excluding carboxylic acids is 1. The molecule has 37 heavy (non-hydrogen) atoms. The maximum atomic E-state index is 13.5. The SMILES string of the molecule is CC[C@@H](Nc1c(Nc2cccc3c2C(=O)N(c2cc(C)ccc2C(=O)O)C3)c(=O)c1=O)c1ccc(C)o1. The number of anilines is 4. The molecule has 5 rings (SSSR count). The molecule has 3 N–H and O–H groups in total. The van der Waals surface area contributed by atoms with E-state index in [1.807, 2.05) is 32.9 Å². The zero-order chi connectivity index (χ0) is 26.4. The van der Waals surface area contributed by atoms with Crippen LogP contribution in [0.3, 0.4) is 0 Å². The number of fused-ring (bicyclic) bond motifs is 1. The molecule has 0 aliphatic carbocycles. The lowest BCUT2D eigenvalue weighted by atomic mass is 10.1. The van der Waals surface area contributed by atoms with Gasteiger partial charge in [0.2, 0.25) is 0 Å². The number of hydrogen-bond donors (Lipinski definition) is 3. The van der Waals surface area contributed by atoms with Gasteiger partial charge < -0.3 is 25.1 Å². The van der Waals surface area contributed by atoms with Crippen LogP contribution in [0.4, 0.5) is 22.7 Å². The molecule has 3 aromatic carbocycles. The molecule has 0 saturated carbocycles. The fourth-order valence-corrected chi connectivity index (χ4v) is 4.68. The Morgan fingerprint density at radius 2 is 1.81 bits per heavy atom. The van der Waals surface area contributed by atoms with Crippen LogP contribution in [0.1, 0.15) is 62.7 Å². The number of aryl methyl sites for hydroxylation is 2. The number of amides is 1. The molecule has 1 aromatic heterocycles. The van der Waals surface area contributed by atoms with Gasteiger partial charge in [0.25, 0.3) is 16.8 Å². The summed E-state index contributed by atoms with van der Waals surface area (Å²) >= 11 is 0. The van der Waals surface area contributed by atoms with Crippen molar-refractivity contribution in [3.05, 3.63) is 103 Å². The monoisotopic (exact) mass is 499 g/mol. The summed E-state index contributed by atoms with van der Waals surface area (Å²) in [6.45, 7) is 5.76. The van der Waals surface area contributed by atoms with Gasteiger partial charge in [-0.2, -0.15) is 0 Å². The van der Waals surface area contributed by atoms with E-state index in [0.29, 0.717) is 34.7 Å². The molecule has 188 valence electrons. The summed E-state index contributed by atoms with van der Waals surface area (Å²) in [4.78, 5) is 51.7. The summed E-state index contributed by atoms with van der Waals surface area (Å²) < 4.78 is 5.69. The zero-order valence-electron chi connectivity index (χ0n) is 20.5. The molecule has 1 aliphatic rings. The number of rotatable bonds is 8. The number of hydrogen-bond acceptors (Lipinski definition) is 7. The lowest BCUT2D eigenvalue weighted by Crippen LogP contribution is -2.37. The number of nitrogens with zero attached hydrogens (tertiary/aromatic N) is 1. The van der Waals surface area contributed by atoms with Crippen LogP contribution in [0, 0.1) is 13.8 Å². The Kier molecular flexibility index (Phi) is 5.91. The van der Waals surface area contributed by atoms with E-state index in [1.54, 1.807) is 30.3 Å². The third-order valence-corrected chi connectivity index (χ3v) is 6.61. The minimum atomic E-state index is -1.13. The van der Waals surface area contributed by atoms with E-state index in [0.717, 1.165) is 11.3 Å². The molecule has 0 fully saturated rings. The number of carboxylic acids is 1. The molecular formula is C28H25N3O6. The molecule has 0 bridgehead atoms. The Balaban J connectivity index is 1.47. The topological polar surface area (TPSA) is 129 Å². The Bertz CT molecular complexity index is 1630. The third kappa shape index (κ3) is 4.08. The van der Waals surface area contributed by atoms with Gasteiger partial charge in [-0.15, -0.1) is 0 Å². The van der Waals surface area contributed by atoms with Crippen molar-refractivity contribution in [2.45, 2.75) is 39.8 Å². The Labute approximate surface area is 212 Å². The second kappa shape index (κ2) is 9.09. The first-order valence-electron chi connectivity index (χ1n) is 11.9. The highest BCUT2D eigenvalue weighted by Crippen LogP contribution is 2.37. The Hall–Kier alpha value is -4.66. The summed E-state index contributed by atoms with van der Waals surface area (Å²) in [6.07, 6.45) is 0.613. The highest BCUT2D eigenvalue weighted by molar-refractivity contribution is 6.15.